The Kier molecular flexibility index (Phi) is 6.42. The first-order valence-electron chi connectivity index (χ1n) is 12.1. The number of benzene rings is 4. The monoisotopic (exact) mass is 532 g/mol. The lowest BCUT2D eigenvalue weighted by atomic mass is 9.87. The normalized spacial score (nSPS) is 12.1. The highest BCUT2D eigenvalue weighted by Crippen LogP contribution is 2.39. The summed E-state index contributed by atoms with van der Waals surface area (Å²) in [6.07, 6.45) is -5.03. The van der Waals surface area contributed by atoms with Gasteiger partial charge in [-0.1, -0.05) is 63.2 Å². The molecule has 5 aromatic rings. The maximum Gasteiger partial charge on any atom is 0.453 e. The number of halogens is 3. The third kappa shape index (κ3) is 5.36. The molecule has 4 aromatic carbocycles. The number of hydrogen-bond acceptors (Lipinski definition) is 5. The zero-order valence-corrected chi connectivity index (χ0v) is 21.3. The smallest absolute Gasteiger partial charge is 0.449 e. The Morgan fingerprint density at radius 2 is 1.46 bits per heavy atom. The largest absolute Gasteiger partial charge is 0.453 e. The molecule has 5 rings (SSSR count). The van der Waals surface area contributed by atoms with Crippen LogP contribution >= 0.6 is 0 Å². The number of carbonyl (C=O) groups excluding carboxylic acids is 1. The van der Waals surface area contributed by atoms with Crippen LogP contribution in [-0.2, 0) is 11.6 Å². The molecule has 198 valence electrons. The SMILES string of the molecule is CC(C)(C)c1ccc(C(=O)Oc2ccc3c(=O)c(Oc4ccc5ccccc5c4)c(C(F)(F)F)oc3c2)cc1. The summed E-state index contributed by atoms with van der Waals surface area (Å²) >= 11 is 0. The van der Waals surface area contributed by atoms with Crippen molar-refractivity contribution < 1.29 is 31.9 Å². The van der Waals surface area contributed by atoms with E-state index in [9.17, 15) is 22.8 Å². The van der Waals surface area contributed by atoms with Gasteiger partial charge in [0.1, 0.15) is 17.1 Å². The van der Waals surface area contributed by atoms with Crippen molar-refractivity contribution in [2.24, 2.45) is 0 Å². The van der Waals surface area contributed by atoms with Crippen molar-refractivity contribution in [1.29, 1.82) is 0 Å². The lowest BCUT2D eigenvalue weighted by molar-refractivity contribution is -0.154. The van der Waals surface area contributed by atoms with Crippen molar-refractivity contribution in [3.8, 4) is 17.2 Å². The molecule has 0 aliphatic rings. The van der Waals surface area contributed by atoms with E-state index in [1.54, 1.807) is 30.3 Å². The average Bonchev–Trinajstić information content (AvgIpc) is 2.89. The first-order chi connectivity index (χ1) is 18.4. The van der Waals surface area contributed by atoms with Gasteiger partial charge in [0, 0.05) is 6.07 Å². The fourth-order valence-electron chi connectivity index (χ4n) is 4.12. The van der Waals surface area contributed by atoms with E-state index in [-0.39, 0.29) is 27.9 Å². The summed E-state index contributed by atoms with van der Waals surface area (Å²) in [6.45, 7) is 6.12. The summed E-state index contributed by atoms with van der Waals surface area (Å²) in [5.74, 6) is -3.30. The molecular formula is C31H23F3O5. The first-order valence-corrected chi connectivity index (χ1v) is 12.1. The van der Waals surface area contributed by atoms with E-state index in [1.807, 2.05) is 45.0 Å². The van der Waals surface area contributed by atoms with Crippen molar-refractivity contribution in [3.05, 3.63) is 112 Å². The molecular weight excluding hydrogens is 509 g/mol. The molecule has 0 saturated carbocycles. The van der Waals surface area contributed by atoms with E-state index in [2.05, 4.69) is 0 Å². The molecule has 0 aliphatic heterocycles. The lowest BCUT2D eigenvalue weighted by Gasteiger charge is -2.18. The van der Waals surface area contributed by atoms with Gasteiger partial charge in [-0.2, -0.15) is 13.2 Å². The quantitative estimate of drug-likeness (QED) is 0.172. The number of fused-ring (bicyclic) bond motifs is 2. The minimum Gasteiger partial charge on any atom is -0.449 e. The fourth-order valence-corrected chi connectivity index (χ4v) is 4.12. The molecule has 0 N–H and O–H groups in total. The van der Waals surface area contributed by atoms with Crippen molar-refractivity contribution in [2.45, 2.75) is 32.4 Å². The van der Waals surface area contributed by atoms with Crippen LogP contribution in [0, 0.1) is 0 Å². The Balaban J connectivity index is 1.49. The Labute approximate surface area is 221 Å². The number of ether oxygens (including phenoxy) is 2. The van der Waals surface area contributed by atoms with Crippen molar-refractivity contribution in [3.63, 3.8) is 0 Å². The molecule has 0 atom stereocenters. The summed E-state index contributed by atoms with van der Waals surface area (Å²) in [5.41, 5.74) is -0.225. The second-order valence-corrected chi connectivity index (χ2v) is 10.1. The second kappa shape index (κ2) is 9.62. The summed E-state index contributed by atoms with van der Waals surface area (Å²) in [5, 5.41) is 1.43. The van der Waals surface area contributed by atoms with Gasteiger partial charge in [0.2, 0.25) is 11.2 Å². The molecule has 0 amide bonds. The van der Waals surface area contributed by atoms with Crippen LogP contribution in [-0.4, -0.2) is 5.97 Å². The van der Waals surface area contributed by atoms with Gasteiger partial charge in [-0.3, -0.25) is 4.79 Å². The van der Waals surface area contributed by atoms with E-state index in [4.69, 9.17) is 13.9 Å². The second-order valence-electron chi connectivity index (χ2n) is 10.1. The van der Waals surface area contributed by atoms with E-state index in [1.165, 1.54) is 24.3 Å². The minimum absolute atomic E-state index is 0.0499. The molecule has 1 heterocycles. The van der Waals surface area contributed by atoms with Crippen LogP contribution in [0.2, 0.25) is 0 Å². The Hall–Kier alpha value is -4.59. The van der Waals surface area contributed by atoms with Crippen LogP contribution in [0.5, 0.6) is 17.2 Å². The molecule has 0 unspecified atom stereocenters. The van der Waals surface area contributed by atoms with E-state index < -0.39 is 34.7 Å². The number of rotatable bonds is 4. The third-order valence-corrected chi connectivity index (χ3v) is 6.22. The van der Waals surface area contributed by atoms with E-state index >= 15 is 0 Å². The van der Waals surface area contributed by atoms with Gasteiger partial charge in [-0.05, 0) is 58.1 Å². The predicted molar refractivity (Wildman–Crippen MR) is 142 cm³/mol. The van der Waals surface area contributed by atoms with Gasteiger partial charge in [-0.25, -0.2) is 4.79 Å². The molecule has 1 aromatic heterocycles. The van der Waals surface area contributed by atoms with Gasteiger partial charge in [0.15, 0.2) is 0 Å². The molecule has 0 saturated heterocycles. The Morgan fingerprint density at radius 1 is 0.795 bits per heavy atom. The molecule has 0 aliphatic carbocycles. The van der Waals surface area contributed by atoms with Gasteiger partial charge < -0.3 is 13.9 Å². The molecule has 0 spiro atoms. The van der Waals surface area contributed by atoms with Gasteiger partial charge >= 0.3 is 12.1 Å². The molecule has 39 heavy (non-hydrogen) atoms. The molecule has 0 bridgehead atoms. The van der Waals surface area contributed by atoms with Crippen LogP contribution in [0.3, 0.4) is 0 Å². The topological polar surface area (TPSA) is 65.7 Å². The molecule has 0 radical (unpaired) electrons. The highest BCUT2D eigenvalue weighted by atomic mass is 19.4. The number of alkyl halides is 3. The standard InChI is InChI=1S/C31H23F3O5/c1-30(2,3)21-11-8-19(9-12-21)29(36)38-23-14-15-24-25(17-23)39-28(31(32,33)34)27(26(24)35)37-22-13-10-18-6-4-5-7-20(18)16-22/h4-17H,1-3H3. The van der Waals surface area contributed by atoms with Gasteiger partial charge in [0.25, 0.3) is 5.76 Å². The van der Waals surface area contributed by atoms with Crippen LogP contribution in [0.4, 0.5) is 13.2 Å². The van der Waals surface area contributed by atoms with Crippen LogP contribution < -0.4 is 14.9 Å². The minimum atomic E-state index is -5.03. The van der Waals surface area contributed by atoms with Gasteiger partial charge in [0.05, 0.1) is 10.9 Å². The highest BCUT2D eigenvalue weighted by Gasteiger charge is 2.40. The number of esters is 1. The zero-order valence-electron chi connectivity index (χ0n) is 21.3. The predicted octanol–water partition coefficient (Wildman–Crippen LogP) is 8.27. The maximum atomic E-state index is 14.0. The maximum absolute atomic E-state index is 14.0. The van der Waals surface area contributed by atoms with Crippen LogP contribution in [0.1, 0.15) is 42.5 Å². The zero-order chi connectivity index (χ0) is 27.9. The van der Waals surface area contributed by atoms with Crippen molar-refractivity contribution >= 4 is 27.7 Å². The van der Waals surface area contributed by atoms with Crippen LogP contribution in [0.15, 0.2) is 94.1 Å². The number of hydrogen-bond donors (Lipinski definition) is 0. The number of carbonyl (C=O) groups is 1. The van der Waals surface area contributed by atoms with E-state index in [0.29, 0.717) is 0 Å². The Bertz CT molecular complexity index is 1760. The van der Waals surface area contributed by atoms with Crippen LogP contribution in [0.25, 0.3) is 21.7 Å². The summed E-state index contributed by atoms with van der Waals surface area (Å²) in [6, 6.07) is 22.4. The molecule has 8 heteroatoms. The first kappa shape index (κ1) is 26.0. The third-order valence-electron chi connectivity index (χ3n) is 6.22. The van der Waals surface area contributed by atoms with E-state index in [0.717, 1.165) is 22.4 Å². The summed E-state index contributed by atoms with van der Waals surface area (Å²) in [4.78, 5) is 25.8. The average molecular weight is 533 g/mol. The highest BCUT2D eigenvalue weighted by molar-refractivity contribution is 5.92. The molecule has 0 fully saturated rings. The van der Waals surface area contributed by atoms with Gasteiger partial charge in [-0.15, -0.1) is 0 Å². The lowest BCUT2D eigenvalue weighted by Crippen LogP contribution is -2.16. The fraction of sp³-hybridized carbons (Fsp3) is 0.161. The van der Waals surface area contributed by atoms with Crippen molar-refractivity contribution in [2.75, 3.05) is 0 Å². The van der Waals surface area contributed by atoms with Crippen molar-refractivity contribution in [1.82, 2.24) is 0 Å². The Morgan fingerprint density at radius 3 is 2.13 bits per heavy atom. The molecule has 5 nitrogen and oxygen atoms in total. The summed E-state index contributed by atoms with van der Waals surface area (Å²) < 4.78 is 57.8. The summed E-state index contributed by atoms with van der Waals surface area (Å²) in [7, 11) is 0.